The Balaban J connectivity index is 1.33. The molecule has 4 heterocycles. The maximum Gasteiger partial charge on any atom is 0.254 e. The van der Waals surface area contributed by atoms with Gasteiger partial charge in [-0.15, -0.1) is 0 Å². The van der Waals surface area contributed by atoms with Gasteiger partial charge in [-0.25, -0.2) is 9.97 Å². The van der Waals surface area contributed by atoms with Crippen LogP contribution in [0.15, 0.2) is 61.1 Å². The van der Waals surface area contributed by atoms with E-state index in [4.69, 9.17) is 4.74 Å². The van der Waals surface area contributed by atoms with Crippen LogP contribution in [0.4, 0.5) is 11.6 Å². The van der Waals surface area contributed by atoms with Gasteiger partial charge in [-0.2, -0.15) is 14.6 Å². The third-order valence-electron chi connectivity index (χ3n) is 5.35. The Bertz CT molecular complexity index is 1150. The topological polar surface area (TPSA) is 80.5 Å². The van der Waals surface area contributed by atoms with Gasteiger partial charge in [0.15, 0.2) is 0 Å². The molecule has 1 aromatic carbocycles. The van der Waals surface area contributed by atoms with Gasteiger partial charge in [0.2, 0.25) is 0 Å². The Morgan fingerprint density at radius 2 is 1.84 bits per heavy atom. The second-order valence-electron chi connectivity index (χ2n) is 7.90. The maximum absolute atomic E-state index is 5.82. The molecule has 0 spiro atoms. The first-order chi connectivity index (χ1) is 15.2. The minimum absolute atomic E-state index is 0.211. The van der Waals surface area contributed by atoms with Gasteiger partial charge in [0.25, 0.3) is 5.78 Å². The van der Waals surface area contributed by atoms with E-state index >= 15 is 0 Å². The number of fused-ring (bicyclic) bond motifs is 1. The summed E-state index contributed by atoms with van der Waals surface area (Å²) < 4.78 is 7.53. The zero-order valence-corrected chi connectivity index (χ0v) is 17.6. The van der Waals surface area contributed by atoms with Crippen molar-refractivity contribution in [2.24, 2.45) is 0 Å². The predicted molar refractivity (Wildman–Crippen MR) is 120 cm³/mol. The summed E-state index contributed by atoms with van der Waals surface area (Å²) in [7, 11) is 0. The molecule has 1 aliphatic heterocycles. The third-order valence-corrected chi connectivity index (χ3v) is 5.35. The van der Waals surface area contributed by atoms with E-state index in [0.717, 1.165) is 41.5 Å². The van der Waals surface area contributed by atoms with E-state index < -0.39 is 0 Å². The van der Waals surface area contributed by atoms with Crippen LogP contribution in [0.3, 0.4) is 0 Å². The van der Waals surface area contributed by atoms with Crippen LogP contribution in [-0.2, 0) is 11.3 Å². The van der Waals surface area contributed by atoms with Crippen LogP contribution in [0.25, 0.3) is 17.0 Å². The second kappa shape index (κ2) is 8.31. The van der Waals surface area contributed by atoms with Crippen LogP contribution in [-0.4, -0.2) is 49.9 Å². The quantitative estimate of drug-likeness (QED) is 0.535. The van der Waals surface area contributed by atoms with Crippen molar-refractivity contribution in [2.75, 3.05) is 23.3 Å². The second-order valence-corrected chi connectivity index (χ2v) is 7.90. The molecule has 1 aliphatic rings. The first kappa shape index (κ1) is 19.4. The van der Waals surface area contributed by atoms with Crippen molar-refractivity contribution in [1.29, 1.82) is 0 Å². The Kier molecular flexibility index (Phi) is 5.21. The van der Waals surface area contributed by atoms with Crippen LogP contribution in [0.1, 0.15) is 19.4 Å². The molecule has 158 valence electrons. The molecule has 31 heavy (non-hydrogen) atoms. The highest BCUT2D eigenvalue weighted by atomic mass is 16.5. The van der Waals surface area contributed by atoms with Gasteiger partial charge in [0, 0.05) is 37.5 Å². The fraction of sp³-hybridized carbons (Fsp3) is 0.304. The smallest absolute Gasteiger partial charge is 0.254 e. The lowest BCUT2D eigenvalue weighted by molar-refractivity contribution is -0.00545. The average Bonchev–Trinajstić information content (AvgIpc) is 3.27. The molecule has 2 atom stereocenters. The van der Waals surface area contributed by atoms with Crippen molar-refractivity contribution in [3.63, 3.8) is 0 Å². The molecule has 3 aromatic heterocycles. The number of rotatable bonds is 5. The van der Waals surface area contributed by atoms with E-state index in [1.165, 1.54) is 6.33 Å². The zero-order chi connectivity index (χ0) is 21.2. The molecule has 1 saturated heterocycles. The van der Waals surface area contributed by atoms with Gasteiger partial charge in [0.1, 0.15) is 18.0 Å². The molecule has 4 aromatic rings. The van der Waals surface area contributed by atoms with Crippen LogP contribution in [0, 0.1) is 0 Å². The monoisotopic (exact) mass is 415 g/mol. The van der Waals surface area contributed by atoms with Crippen molar-refractivity contribution >= 4 is 17.4 Å². The van der Waals surface area contributed by atoms with Gasteiger partial charge < -0.3 is 15.0 Å². The highest BCUT2D eigenvalue weighted by Crippen LogP contribution is 2.22. The van der Waals surface area contributed by atoms with Gasteiger partial charge in [-0.3, -0.25) is 0 Å². The van der Waals surface area contributed by atoms with E-state index in [-0.39, 0.29) is 12.2 Å². The summed E-state index contributed by atoms with van der Waals surface area (Å²) in [6.45, 7) is 6.54. The maximum atomic E-state index is 5.82. The fourth-order valence-electron chi connectivity index (χ4n) is 3.96. The molecule has 0 amide bonds. The van der Waals surface area contributed by atoms with Gasteiger partial charge in [-0.05, 0) is 25.5 Å². The Labute approximate surface area is 180 Å². The molecule has 0 aliphatic carbocycles. The van der Waals surface area contributed by atoms with Crippen molar-refractivity contribution in [3.05, 3.63) is 66.6 Å². The molecule has 1 fully saturated rings. The molecule has 5 rings (SSSR count). The van der Waals surface area contributed by atoms with Gasteiger partial charge in [0.05, 0.1) is 17.9 Å². The summed E-state index contributed by atoms with van der Waals surface area (Å²) in [5, 5.41) is 7.76. The average molecular weight is 416 g/mol. The summed E-state index contributed by atoms with van der Waals surface area (Å²) in [5.41, 5.74) is 2.98. The molecule has 2 unspecified atom stereocenters. The number of hydrogen-bond donors (Lipinski definition) is 1. The fourth-order valence-corrected chi connectivity index (χ4v) is 3.96. The van der Waals surface area contributed by atoms with Gasteiger partial charge >= 0.3 is 0 Å². The number of aromatic nitrogens is 5. The Morgan fingerprint density at radius 3 is 2.58 bits per heavy atom. The molecule has 0 radical (unpaired) electrons. The van der Waals surface area contributed by atoms with Crippen molar-refractivity contribution in [1.82, 2.24) is 24.6 Å². The SMILES string of the molecule is CC1CN(c2ccc(CNc3cc(-c4ccccc4)nc4ncnn34)cn2)CC(C)O1. The van der Waals surface area contributed by atoms with Gasteiger partial charge in [-0.1, -0.05) is 36.4 Å². The highest BCUT2D eigenvalue weighted by molar-refractivity contribution is 5.65. The molecule has 1 N–H and O–H groups in total. The number of benzene rings is 1. The minimum Gasteiger partial charge on any atom is -0.372 e. The van der Waals surface area contributed by atoms with E-state index in [1.807, 2.05) is 42.6 Å². The zero-order valence-electron chi connectivity index (χ0n) is 17.6. The van der Waals surface area contributed by atoms with Crippen LogP contribution >= 0.6 is 0 Å². The van der Waals surface area contributed by atoms with E-state index in [2.05, 4.69) is 56.2 Å². The standard InChI is InChI=1S/C23H25N7O/c1-16-13-29(14-17(2)31-16)21-9-8-18(11-24-21)12-25-22-10-20(19-6-4-3-5-7-19)28-23-26-15-27-30(22)23/h3-11,15-17,25H,12-14H2,1-2H3. The predicted octanol–water partition coefficient (Wildman–Crippen LogP) is 3.41. The number of pyridine rings is 1. The number of nitrogens with one attached hydrogen (secondary N) is 1. The first-order valence-electron chi connectivity index (χ1n) is 10.5. The highest BCUT2D eigenvalue weighted by Gasteiger charge is 2.23. The molecule has 8 heteroatoms. The largest absolute Gasteiger partial charge is 0.372 e. The molecular weight excluding hydrogens is 390 g/mol. The number of anilines is 2. The molecular formula is C23H25N7O. The summed E-state index contributed by atoms with van der Waals surface area (Å²) in [4.78, 5) is 15.9. The van der Waals surface area contributed by atoms with Crippen molar-refractivity contribution in [3.8, 4) is 11.3 Å². The number of nitrogens with zero attached hydrogens (tertiary/aromatic N) is 6. The summed E-state index contributed by atoms with van der Waals surface area (Å²) in [6.07, 6.45) is 3.86. The van der Waals surface area contributed by atoms with Crippen LogP contribution in [0.2, 0.25) is 0 Å². The first-order valence-corrected chi connectivity index (χ1v) is 10.5. The summed E-state index contributed by atoms with van der Waals surface area (Å²) in [6, 6.07) is 16.3. The number of morpholine rings is 1. The summed E-state index contributed by atoms with van der Waals surface area (Å²) in [5.74, 6) is 2.38. The summed E-state index contributed by atoms with van der Waals surface area (Å²) >= 11 is 0. The van der Waals surface area contributed by atoms with Crippen molar-refractivity contribution < 1.29 is 4.74 Å². The number of ether oxygens (including phenoxy) is 1. The van der Waals surface area contributed by atoms with E-state index in [1.54, 1.807) is 4.52 Å². The Morgan fingerprint density at radius 1 is 1.03 bits per heavy atom. The van der Waals surface area contributed by atoms with Crippen LogP contribution < -0.4 is 10.2 Å². The molecule has 0 bridgehead atoms. The lowest BCUT2D eigenvalue weighted by Crippen LogP contribution is -2.45. The lowest BCUT2D eigenvalue weighted by atomic mass is 10.1. The lowest BCUT2D eigenvalue weighted by Gasteiger charge is -2.36. The van der Waals surface area contributed by atoms with E-state index in [0.29, 0.717) is 12.3 Å². The van der Waals surface area contributed by atoms with E-state index in [9.17, 15) is 0 Å². The third kappa shape index (κ3) is 4.20. The number of hydrogen-bond acceptors (Lipinski definition) is 7. The van der Waals surface area contributed by atoms with Crippen LogP contribution in [0.5, 0.6) is 0 Å². The Hall–Kier alpha value is -3.52. The minimum atomic E-state index is 0.211. The molecule has 8 nitrogen and oxygen atoms in total. The normalized spacial score (nSPS) is 19.0. The van der Waals surface area contributed by atoms with Crippen molar-refractivity contribution in [2.45, 2.75) is 32.6 Å². The molecule has 0 saturated carbocycles.